The number of hydrogen-bond donors (Lipinski definition) is 1. The fraction of sp³-hybridized carbons (Fsp3) is 0.200. The van der Waals surface area contributed by atoms with Crippen LogP contribution in [0.5, 0.6) is 0 Å². The van der Waals surface area contributed by atoms with E-state index in [1.54, 1.807) is 22.3 Å². The van der Waals surface area contributed by atoms with Gasteiger partial charge >= 0.3 is 0 Å². The molecular formula is C15H14N2O2S. The molecule has 102 valence electrons. The number of nitrogens with one attached hydrogen (secondary N) is 1. The molecule has 0 saturated carbocycles. The van der Waals surface area contributed by atoms with Gasteiger partial charge in [-0.1, -0.05) is 18.2 Å². The number of thiophene rings is 1. The molecule has 2 amide bonds. The maximum absolute atomic E-state index is 12.2. The van der Waals surface area contributed by atoms with Gasteiger partial charge in [0.25, 0.3) is 5.91 Å². The minimum atomic E-state index is -0.187. The number of benzene rings is 1. The Morgan fingerprint density at radius 1 is 1.15 bits per heavy atom. The van der Waals surface area contributed by atoms with Crippen LogP contribution in [0.25, 0.3) is 0 Å². The van der Waals surface area contributed by atoms with Crippen LogP contribution in [0.2, 0.25) is 0 Å². The van der Waals surface area contributed by atoms with E-state index in [9.17, 15) is 9.59 Å². The molecule has 0 fully saturated rings. The van der Waals surface area contributed by atoms with Crippen LogP contribution in [-0.4, -0.2) is 24.9 Å². The Kier molecular flexibility index (Phi) is 3.52. The van der Waals surface area contributed by atoms with Gasteiger partial charge in [-0.15, -0.1) is 11.3 Å². The minimum absolute atomic E-state index is 0.0535. The van der Waals surface area contributed by atoms with Gasteiger partial charge < -0.3 is 10.2 Å². The van der Waals surface area contributed by atoms with E-state index in [0.29, 0.717) is 17.8 Å². The zero-order valence-electron chi connectivity index (χ0n) is 10.8. The first-order valence-corrected chi connectivity index (χ1v) is 7.33. The quantitative estimate of drug-likeness (QED) is 0.939. The fourth-order valence-corrected chi connectivity index (χ4v) is 3.00. The summed E-state index contributed by atoms with van der Waals surface area (Å²) in [5.41, 5.74) is 1.26. The smallest absolute Gasteiger partial charge is 0.253 e. The van der Waals surface area contributed by atoms with Crippen molar-refractivity contribution >= 4 is 28.8 Å². The second kappa shape index (κ2) is 5.46. The molecule has 1 aliphatic rings. The summed E-state index contributed by atoms with van der Waals surface area (Å²) in [6.45, 7) is 0.642. The predicted octanol–water partition coefficient (Wildman–Crippen LogP) is 2.07. The van der Waals surface area contributed by atoms with E-state index in [4.69, 9.17) is 0 Å². The number of nitrogens with zero attached hydrogens (tertiary/aromatic N) is 1. The predicted molar refractivity (Wildman–Crippen MR) is 79.2 cm³/mol. The number of amides is 2. The lowest BCUT2D eigenvalue weighted by atomic mass is 10.1. The molecule has 0 saturated heterocycles. The lowest BCUT2D eigenvalue weighted by Crippen LogP contribution is -2.37. The van der Waals surface area contributed by atoms with Gasteiger partial charge in [0.15, 0.2) is 0 Å². The monoisotopic (exact) mass is 286 g/mol. The highest BCUT2D eigenvalue weighted by Gasteiger charge is 2.25. The Bertz CT molecular complexity index is 637. The lowest BCUT2D eigenvalue weighted by molar-refractivity contribution is -0.117. The van der Waals surface area contributed by atoms with Crippen LogP contribution in [0, 0.1) is 0 Å². The molecule has 0 atom stereocenters. The van der Waals surface area contributed by atoms with Gasteiger partial charge in [0.2, 0.25) is 5.91 Å². The molecule has 2 aromatic rings. The van der Waals surface area contributed by atoms with Gasteiger partial charge in [0.05, 0.1) is 17.8 Å². The van der Waals surface area contributed by atoms with Crippen molar-refractivity contribution in [3.8, 4) is 0 Å². The van der Waals surface area contributed by atoms with Gasteiger partial charge in [0.1, 0.15) is 0 Å². The molecule has 0 radical (unpaired) electrons. The van der Waals surface area contributed by atoms with Crippen LogP contribution >= 0.6 is 11.3 Å². The molecule has 0 aliphatic carbocycles. The summed E-state index contributed by atoms with van der Waals surface area (Å²) < 4.78 is 0. The Hall–Kier alpha value is -2.14. The zero-order valence-corrected chi connectivity index (χ0v) is 11.7. The maximum atomic E-state index is 12.2. The molecule has 1 N–H and O–H groups in total. The number of carbonyl (C=O) groups excluding carboxylic acids is 2. The number of carbonyl (C=O) groups is 2. The van der Waals surface area contributed by atoms with Crippen molar-refractivity contribution in [3.05, 3.63) is 52.2 Å². The first kappa shape index (κ1) is 12.9. The Morgan fingerprint density at radius 3 is 2.80 bits per heavy atom. The van der Waals surface area contributed by atoms with Crippen molar-refractivity contribution < 1.29 is 9.59 Å². The van der Waals surface area contributed by atoms with Gasteiger partial charge in [-0.05, 0) is 30.0 Å². The van der Waals surface area contributed by atoms with Gasteiger partial charge in [-0.3, -0.25) is 9.59 Å². The van der Waals surface area contributed by atoms with Gasteiger partial charge in [-0.25, -0.2) is 0 Å². The van der Waals surface area contributed by atoms with E-state index in [2.05, 4.69) is 11.4 Å². The largest absolute Gasteiger partial charge is 0.343 e. The molecule has 4 nitrogen and oxygen atoms in total. The van der Waals surface area contributed by atoms with Gasteiger partial charge in [0, 0.05) is 11.4 Å². The van der Waals surface area contributed by atoms with Crippen molar-refractivity contribution in [2.75, 3.05) is 18.0 Å². The average Bonchev–Trinajstić information content (AvgIpc) is 2.95. The van der Waals surface area contributed by atoms with Crippen molar-refractivity contribution in [1.82, 2.24) is 5.32 Å². The molecule has 1 aliphatic heterocycles. The molecule has 1 aromatic heterocycles. The SMILES string of the molecule is O=C1NCC(=O)N(CCc2cccs2)c2ccccc21. The molecule has 20 heavy (non-hydrogen) atoms. The fourth-order valence-electron chi connectivity index (χ4n) is 2.30. The van der Waals surface area contributed by atoms with Crippen LogP contribution in [0.15, 0.2) is 41.8 Å². The Labute approximate surface area is 121 Å². The van der Waals surface area contributed by atoms with E-state index in [0.717, 1.165) is 6.42 Å². The number of para-hydroxylation sites is 1. The summed E-state index contributed by atoms with van der Waals surface area (Å²) in [4.78, 5) is 27.1. The van der Waals surface area contributed by atoms with Crippen molar-refractivity contribution in [2.45, 2.75) is 6.42 Å². The summed E-state index contributed by atoms with van der Waals surface area (Å²) in [7, 11) is 0. The summed E-state index contributed by atoms with van der Waals surface area (Å²) in [5.74, 6) is -0.257. The normalized spacial score (nSPS) is 14.7. The second-order valence-corrected chi connectivity index (χ2v) is 5.61. The maximum Gasteiger partial charge on any atom is 0.253 e. The third kappa shape index (κ3) is 2.44. The second-order valence-electron chi connectivity index (χ2n) is 4.57. The van der Waals surface area contributed by atoms with Crippen molar-refractivity contribution in [3.63, 3.8) is 0 Å². The third-order valence-corrected chi connectivity index (χ3v) is 4.24. The summed E-state index contributed by atoms with van der Waals surface area (Å²) in [6, 6.07) is 11.3. The standard InChI is InChI=1S/C15H14N2O2S/c18-14-10-16-15(19)12-5-1-2-6-13(12)17(14)8-7-11-4-3-9-20-11/h1-6,9H,7-8,10H2,(H,16,19). The van der Waals surface area contributed by atoms with E-state index in [1.165, 1.54) is 4.88 Å². The third-order valence-electron chi connectivity index (χ3n) is 3.30. The highest BCUT2D eigenvalue weighted by Crippen LogP contribution is 2.23. The minimum Gasteiger partial charge on any atom is -0.343 e. The van der Waals surface area contributed by atoms with Gasteiger partial charge in [-0.2, -0.15) is 0 Å². The van der Waals surface area contributed by atoms with Crippen LogP contribution < -0.4 is 10.2 Å². The molecule has 3 rings (SSSR count). The lowest BCUT2D eigenvalue weighted by Gasteiger charge is -2.21. The molecule has 0 spiro atoms. The number of fused-ring (bicyclic) bond motifs is 1. The Morgan fingerprint density at radius 2 is 2.00 bits per heavy atom. The highest BCUT2D eigenvalue weighted by atomic mass is 32.1. The summed E-state index contributed by atoms with van der Waals surface area (Å²) >= 11 is 1.68. The number of anilines is 1. The van der Waals surface area contributed by atoms with Crippen LogP contribution in [0.1, 0.15) is 15.2 Å². The van der Waals surface area contributed by atoms with Crippen LogP contribution in [-0.2, 0) is 11.2 Å². The molecule has 5 heteroatoms. The first-order valence-electron chi connectivity index (χ1n) is 6.45. The summed E-state index contributed by atoms with van der Waals surface area (Å²) in [6.07, 6.45) is 0.798. The van der Waals surface area contributed by atoms with E-state index in [1.807, 2.05) is 29.6 Å². The molecular weight excluding hydrogens is 272 g/mol. The molecule has 2 heterocycles. The Balaban J connectivity index is 1.89. The van der Waals surface area contributed by atoms with Crippen molar-refractivity contribution in [2.24, 2.45) is 0 Å². The zero-order chi connectivity index (χ0) is 13.9. The number of rotatable bonds is 3. The topological polar surface area (TPSA) is 49.4 Å². The summed E-state index contributed by atoms with van der Waals surface area (Å²) in [5, 5.41) is 4.67. The first-order chi connectivity index (χ1) is 9.75. The van der Waals surface area contributed by atoms with E-state index < -0.39 is 0 Å². The molecule has 0 bridgehead atoms. The van der Waals surface area contributed by atoms with Crippen LogP contribution in [0.4, 0.5) is 5.69 Å². The molecule has 0 unspecified atom stereocenters. The number of hydrogen-bond acceptors (Lipinski definition) is 3. The van der Waals surface area contributed by atoms with Crippen molar-refractivity contribution in [1.29, 1.82) is 0 Å². The van der Waals surface area contributed by atoms with E-state index in [-0.39, 0.29) is 18.4 Å². The highest BCUT2D eigenvalue weighted by molar-refractivity contribution is 7.09. The molecule has 1 aromatic carbocycles. The van der Waals surface area contributed by atoms with Crippen LogP contribution in [0.3, 0.4) is 0 Å². The van der Waals surface area contributed by atoms with E-state index >= 15 is 0 Å². The average molecular weight is 286 g/mol.